The fourth-order valence-corrected chi connectivity index (χ4v) is 1.98. The molecule has 1 atom stereocenters. The summed E-state index contributed by atoms with van der Waals surface area (Å²) in [4.78, 5) is 15.8. The van der Waals surface area contributed by atoms with E-state index in [9.17, 15) is 4.79 Å². The number of carbonyl (C=O) groups is 1. The zero-order chi connectivity index (χ0) is 11.3. The predicted molar refractivity (Wildman–Crippen MR) is 61.6 cm³/mol. The van der Waals surface area contributed by atoms with E-state index >= 15 is 0 Å². The smallest absolute Gasteiger partial charge is 0.236 e. The first-order valence-corrected chi connectivity index (χ1v) is 5.83. The fraction of sp³-hybridized carbons (Fsp3) is 0.909. The van der Waals surface area contributed by atoms with Gasteiger partial charge in [-0.15, -0.1) is 0 Å². The van der Waals surface area contributed by atoms with Gasteiger partial charge >= 0.3 is 0 Å². The number of hydrogen-bond acceptors (Lipinski definition) is 3. The van der Waals surface area contributed by atoms with Crippen molar-refractivity contribution < 1.29 is 4.79 Å². The molecule has 0 spiro atoms. The first-order chi connectivity index (χ1) is 7.15. The molecular formula is C11H23N3O. The van der Waals surface area contributed by atoms with Crippen molar-refractivity contribution in [2.45, 2.75) is 32.2 Å². The van der Waals surface area contributed by atoms with Crippen molar-refractivity contribution in [2.75, 3.05) is 33.2 Å². The van der Waals surface area contributed by atoms with Gasteiger partial charge in [-0.2, -0.15) is 0 Å². The summed E-state index contributed by atoms with van der Waals surface area (Å²) >= 11 is 0. The first kappa shape index (κ1) is 12.5. The van der Waals surface area contributed by atoms with Crippen molar-refractivity contribution in [3.8, 4) is 0 Å². The van der Waals surface area contributed by atoms with Crippen LogP contribution in [0.2, 0.25) is 0 Å². The summed E-state index contributed by atoms with van der Waals surface area (Å²) in [6.45, 7) is 5.26. The molecule has 0 bridgehead atoms. The average Bonchev–Trinajstić information content (AvgIpc) is 2.61. The number of rotatable bonds is 5. The normalized spacial score (nSPS) is 21.9. The quantitative estimate of drug-likeness (QED) is 0.713. The lowest BCUT2D eigenvalue weighted by Crippen LogP contribution is -2.40. The second-order valence-corrected chi connectivity index (χ2v) is 4.42. The molecule has 1 amide bonds. The fourth-order valence-electron chi connectivity index (χ4n) is 1.98. The van der Waals surface area contributed by atoms with E-state index in [-0.39, 0.29) is 5.91 Å². The van der Waals surface area contributed by atoms with E-state index in [2.05, 4.69) is 11.8 Å². The van der Waals surface area contributed by atoms with Crippen LogP contribution in [0, 0.1) is 0 Å². The number of hydrogen-bond donors (Lipinski definition) is 1. The summed E-state index contributed by atoms with van der Waals surface area (Å²) in [5.74, 6) is 0.220. The summed E-state index contributed by atoms with van der Waals surface area (Å²) in [6.07, 6.45) is 3.33. The van der Waals surface area contributed by atoms with E-state index in [4.69, 9.17) is 5.73 Å². The van der Waals surface area contributed by atoms with E-state index in [0.29, 0.717) is 19.1 Å². The minimum Gasteiger partial charge on any atom is -0.345 e. The molecule has 1 unspecified atom stereocenters. The van der Waals surface area contributed by atoms with Gasteiger partial charge in [0.2, 0.25) is 5.91 Å². The van der Waals surface area contributed by atoms with Crippen molar-refractivity contribution in [2.24, 2.45) is 5.73 Å². The Morgan fingerprint density at radius 1 is 1.60 bits per heavy atom. The molecule has 1 aliphatic rings. The van der Waals surface area contributed by atoms with Crippen molar-refractivity contribution in [1.82, 2.24) is 9.80 Å². The van der Waals surface area contributed by atoms with Crippen LogP contribution in [0.25, 0.3) is 0 Å². The van der Waals surface area contributed by atoms with Crippen molar-refractivity contribution in [1.29, 1.82) is 0 Å². The van der Waals surface area contributed by atoms with E-state index in [1.165, 1.54) is 12.8 Å². The molecule has 0 radical (unpaired) electrons. The Hall–Kier alpha value is -0.610. The van der Waals surface area contributed by atoms with E-state index in [1.54, 1.807) is 4.90 Å². The Balaban J connectivity index is 2.27. The van der Waals surface area contributed by atoms with Crippen LogP contribution in [0.5, 0.6) is 0 Å². The zero-order valence-corrected chi connectivity index (χ0v) is 9.91. The Morgan fingerprint density at radius 3 is 2.87 bits per heavy atom. The number of amides is 1. The largest absolute Gasteiger partial charge is 0.345 e. The van der Waals surface area contributed by atoms with Gasteiger partial charge in [0, 0.05) is 19.6 Å². The van der Waals surface area contributed by atoms with Crippen LogP contribution < -0.4 is 5.73 Å². The number of nitrogens with zero attached hydrogens (tertiary/aromatic N) is 2. The molecule has 1 aliphatic heterocycles. The van der Waals surface area contributed by atoms with Gasteiger partial charge in [-0.25, -0.2) is 0 Å². The molecular weight excluding hydrogens is 190 g/mol. The monoisotopic (exact) mass is 213 g/mol. The third-order valence-corrected chi connectivity index (χ3v) is 3.15. The highest BCUT2D eigenvalue weighted by atomic mass is 16.2. The van der Waals surface area contributed by atoms with Crippen LogP contribution in [-0.4, -0.2) is 55.0 Å². The molecule has 0 aromatic carbocycles. The lowest BCUT2D eigenvalue weighted by molar-refractivity contribution is -0.131. The molecule has 2 N–H and O–H groups in total. The second kappa shape index (κ2) is 6.08. The van der Waals surface area contributed by atoms with Gasteiger partial charge in [0.15, 0.2) is 0 Å². The first-order valence-electron chi connectivity index (χ1n) is 5.83. The van der Waals surface area contributed by atoms with Crippen LogP contribution in [-0.2, 0) is 4.79 Å². The highest BCUT2D eigenvalue weighted by Crippen LogP contribution is 2.15. The van der Waals surface area contributed by atoms with Crippen molar-refractivity contribution >= 4 is 5.91 Å². The zero-order valence-electron chi connectivity index (χ0n) is 9.91. The minimum atomic E-state index is 0.220. The summed E-state index contributed by atoms with van der Waals surface area (Å²) in [6, 6.07) is 0.567. The van der Waals surface area contributed by atoms with Crippen LogP contribution in [0.4, 0.5) is 0 Å². The van der Waals surface area contributed by atoms with Gasteiger partial charge in [0.25, 0.3) is 0 Å². The van der Waals surface area contributed by atoms with Crippen molar-refractivity contribution in [3.05, 3.63) is 0 Å². The number of likely N-dealkylation sites (N-methyl/N-ethyl adjacent to an activating group) is 1. The molecule has 1 rings (SSSR count). The summed E-state index contributed by atoms with van der Waals surface area (Å²) in [5.41, 5.74) is 5.41. The van der Waals surface area contributed by atoms with E-state index < -0.39 is 0 Å². The molecule has 0 aliphatic carbocycles. The average molecular weight is 213 g/mol. The molecule has 1 fully saturated rings. The minimum absolute atomic E-state index is 0.220. The van der Waals surface area contributed by atoms with E-state index in [1.807, 2.05) is 7.05 Å². The standard InChI is InChI=1S/C11H23N3O/c1-10-5-3-8-14(10)9-11(15)13(2)7-4-6-12/h10H,3-9,12H2,1-2H3. The highest BCUT2D eigenvalue weighted by molar-refractivity contribution is 5.78. The van der Waals surface area contributed by atoms with Crippen LogP contribution >= 0.6 is 0 Å². The maximum absolute atomic E-state index is 11.8. The summed E-state index contributed by atoms with van der Waals surface area (Å²) < 4.78 is 0. The third kappa shape index (κ3) is 3.80. The number of likely N-dealkylation sites (tertiary alicyclic amines) is 1. The molecule has 0 saturated carbocycles. The van der Waals surface area contributed by atoms with Crippen LogP contribution in [0.15, 0.2) is 0 Å². The molecule has 0 aromatic rings. The summed E-state index contributed by atoms with van der Waals surface area (Å²) in [7, 11) is 1.86. The van der Waals surface area contributed by atoms with Gasteiger partial charge in [-0.05, 0) is 39.3 Å². The highest BCUT2D eigenvalue weighted by Gasteiger charge is 2.23. The van der Waals surface area contributed by atoms with Gasteiger partial charge < -0.3 is 10.6 Å². The summed E-state index contributed by atoms with van der Waals surface area (Å²) in [5, 5.41) is 0. The third-order valence-electron chi connectivity index (χ3n) is 3.15. The molecule has 88 valence electrons. The molecule has 1 saturated heterocycles. The van der Waals surface area contributed by atoms with Gasteiger partial charge in [0.1, 0.15) is 0 Å². The second-order valence-electron chi connectivity index (χ2n) is 4.42. The van der Waals surface area contributed by atoms with Gasteiger partial charge in [-0.1, -0.05) is 0 Å². The number of nitrogens with two attached hydrogens (primary N) is 1. The molecule has 15 heavy (non-hydrogen) atoms. The van der Waals surface area contributed by atoms with E-state index in [0.717, 1.165) is 19.5 Å². The Kier molecular flexibility index (Phi) is 5.05. The molecule has 4 nitrogen and oxygen atoms in total. The number of carbonyl (C=O) groups excluding carboxylic acids is 1. The maximum atomic E-state index is 11.8. The van der Waals surface area contributed by atoms with Crippen LogP contribution in [0.3, 0.4) is 0 Å². The van der Waals surface area contributed by atoms with Crippen LogP contribution in [0.1, 0.15) is 26.2 Å². The SMILES string of the molecule is CC1CCCN1CC(=O)N(C)CCCN. The Morgan fingerprint density at radius 2 is 2.33 bits per heavy atom. The molecule has 1 heterocycles. The molecule has 0 aromatic heterocycles. The lowest BCUT2D eigenvalue weighted by Gasteiger charge is -2.24. The predicted octanol–water partition coefficient (Wildman–Crippen LogP) is 0.278. The van der Waals surface area contributed by atoms with Gasteiger partial charge in [-0.3, -0.25) is 9.69 Å². The topological polar surface area (TPSA) is 49.6 Å². The molecule has 4 heteroatoms. The Bertz CT molecular complexity index is 208. The lowest BCUT2D eigenvalue weighted by atomic mass is 10.2. The van der Waals surface area contributed by atoms with Gasteiger partial charge in [0.05, 0.1) is 6.54 Å². The maximum Gasteiger partial charge on any atom is 0.236 e. The Labute approximate surface area is 92.4 Å². The van der Waals surface area contributed by atoms with Crippen molar-refractivity contribution in [3.63, 3.8) is 0 Å².